The molecular weight excluding hydrogens is 252 g/mol. The number of benzene rings is 2. The number of nitrogens with one attached hydrogen (secondary N) is 1. The van der Waals surface area contributed by atoms with Crippen molar-refractivity contribution in [2.75, 3.05) is 12.8 Å². The molecule has 104 valence electrons. The Morgan fingerprint density at radius 3 is 2.50 bits per heavy atom. The van der Waals surface area contributed by atoms with Gasteiger partial charge in [-0.1, -0.05) is 30.3 Å². The number of rotatable bonds is 4. The summed E-state index contributed by atoms with van der Waals surface area (Å²) in [5.74, 6) is 0.411. The molecule has 1 atom stereocenters. The van der Waals surface area contributed by atoms with Crippen LogP contribution in [0.25, 0.3) is 0 Å². The van der Waals surface area contributed by atoms with E-state index in [0.717, 1.165) is 5.56 Å². The molecule has 0 bridgehead atoms. The Kier molecular flexibility index (Phi) is 4.25. The average molecular weight is 270 g/mol. The number of hydrogen-bond acceptors (Lipinski definition) is 3. The molecule has 0 heterocycles. The average Bonchev–Trinajstić information content (AvgIpc) is 2.48. The fraction of sp³-hybridized carbons (Fsp3) is 0.188. The molecule has 2 rings (SSSR count). The molecule has 0 radical (unpaired) electrons. The summed E-state index contributed by atoms with van der Waals surface area (Å²) in [6, 6.07) is 14.7. The number of anilines is 1. The van der Waals surface area contributed by atoms with Gasteiger partial charge >= 0.3 is 0 Å². The SMILES string of the molecule is COc1ccc(C(=O)N[C@H](C)c2ccccc2)cc1N. The molecule has 0 aromatic heterocycles. The normalized spacial score (nSPS) is 11.7. The lowest BCUT2D eigenvalue weighted by atomic mass is 10.1. The predicted molar refractivity (Wildman–Crippen MR) is 79.7 cm³/mol. The Bertz CT molecular complexity index is 597. The smallest absolute Gasteiger partial charge is 0.251 e. The van der Waals surface area contributed by atoms with Gasteiger partial charge in [0.2, 0.25) is 0 Å². The quantitative estimate of drug-likeness (QED) is 0.840. The van der Waals surface area contributed by atoms with E-state index in [1.807, 2.05) is 37.3 Å². The van der Waals surface area contributed by atoms with Gasteiger partial charge in [0, 0.05) is 5.56 Å². The molecule has 0 spiro atoms. The van der Waals surface area contributed by atoms with Gasteiger partial charge in [0.05, 0.1) is 18.8 Å². The molecular formula is C16H18N2O2. The van der Waals surface area contributed by atoms with Crippen LogP contribution in [0.1, 0.15) is 28.9 Å². The summed E-state index contributed by atoms with van der Waals surface area (Å²) >= 11 is 0. The minimum atomic E-state index is -0.157. The lowest BCUT2D eigenvalue weighted by molar-refractivity contribution is 0.0940. The first-order valence-electron chi connectivity index (χ1n) is 6.41. The molecule has 0 unspecified atom stereocenters. The zero-order valence-electron chi connectivity index (χ0n) is 11.6. The number of nitrogen functional groups attached to an aromatic ring is 1. The van der Waals surface area contributed by atoms with Gasteiger partial charge in [-0.05, 0) is 30.7 Å². The molecule has 0 aliphatic heterocycles. The van der Waals surface area contributed by atoms with Gasteiger partial charge in [-0.3, -0.25) is 4.79 Å². The van der Waals surface area contributed by atoms with Crippen molar-refractivity contribution in [1.82, 2.24) is 5.32 Å². The fourth-order valence-corrected chi connectivity index (χ4v) is 1.98. The highest BCUT2D eigenvalue weighted by Crippen LogP contribution is 2.22. The van der Waals surface area contributed by atoms with Crippen molar-refractivity contribution in [1.29, 1.82) is 0 Å². The number of ether oxygens (including phenoxy) is 1. The van der Waals surface area contributed by atoms with E-state index < -0.39 is 0 Å². The number of amides is 1. The molecule has 4 heteroatoms. The van der Waals surface area contributed by atoms with E-state index in [2.05, 4.69) is 5.32 Å². The molecule has 0 saturated carbocycles. The lowest BCUT2D eigenvalue weighted by Gasteiger charge is -2.15. The minimum Gasteiger partial charge on any atom is -0.495 e. The van der Waals surface area contributed by atoms with Crippen molar-refractivity contribution < 1.29 is 9.53 Å². The highest BCUT2D eigenvalue weighted by molar-refractivity contribution is 5.95. The Morgan fingerprint density at radius 1 is 1.20 bits per heavy atom. The number of methoxy groups -OCH3 is 1. The summed E-state index contributed by atoms with van der Waals surface area (Å²) in [6.07, 6.45) is 0. The third-order valence-corrected chi connectivity index (χ3v) is 3.14. The molecule has 0 aliphatic rings. The maximum absolute atomic E-state index is 12.2. The lowest BCUT2D eigenvalue weighted by Crippen LogP contribution is -2.26. The second kappa shape index (κ2) is 6.10. The first-order chi connectivity index (χ1) is 9.61. The minimum absolute atomic E-state index is 0.0629. The maximum Gasteiger partial charge on any atom is 0.251 e. The van der Waals surface area contributed by atoms with Gasteiger partial charge < -0.3 is 15.8 Å². The monoisotopic (exact) mass is 270 g/mol. The fourth-order valence-electron chi connectivity index (χ4n) is 1.98. The van der Waals surface area contributed by atoms with Crippen molar-refractivity contribution in [3.05, 3.63) is 59.7 Å². The summed E-state index contributed by atoms with van der Waals surface area (Å²) in [5, 5.41) is 2.94. The summed E-state index contributed by atoms with van der Waals surface area (Å²) < 4.78 is 5.07. The number of carbonyl (C=O) groups excluding carboxylic acids is 1. The van der Waals surface area contributed by atoms with Crippen LogP contribution in [0.5, 0.6) is 5.75 Å². The Hall–Kier alpha value is -2.49. The molecule has 0 aliphatic carbocycles. The predicted octanol–water partition coefficient (Wildman–Crippen LogP) is 2.77. The Balaban J connectivity index is 2.10. The van der Waals surface area contributed by atoms with Crippen molar-refractivity contribution in [2.24, 2.45) is 0 Å². The zero-order chi connectivity index (χ0) is 14.5. The molecule has 0 saturated heterocycles. The second-order valence-electron chi connectivity index (χ2n) is 4.56. The van der Waals surface area contributed by atoms with Gasteiger partial charge in [-0.25, -0.2) is 0 Å². The summed E-state index contributed by atoms with van der Waals surface area (Å²) in [7, 11) is 1.54. The van der Waals surface area contributed by atoms with Crippen LogP contribution in [-0.2, 0) is 0 Å². The Labute approximate surface area is 118 Å². The molecule has 0 fully saturated rings. The van der Waals surface area contributed by atoms with Crippen LogP contribution >= 0.6 is 0 Å². The van der Waals surface area contributed by atoms with Gasteiger partial charge in [-0.2, -0.15) is 0 Å². The molecule has 2 aromatic carbocycles. The molecule has 1 amide bonds. The van der Waals surface area contributed by atoms with E-state index in [9.17, 15) is 4.79 Å². The zero-order valence-corrected chi connectivity index (χ0v) is 11.6. The van der Waals surface area contributed by atoms with E-state index in [1.165, 1.54) is 0 Å². The van der Waals surface area contributed by atoms with Crippen LogP contribution in [0.2, 0.25) is 0 Å². The van der Waals surface area contributed by atoms with E-state index >= 15 is 0 Å². The van der Waals surface area contributed by atoms with Crippen LogP contribution in [0.3, 0.4) is 0 Å². The summed E-state index contributed by atoms with van der Waals surface area (Å²) in [6.45, 7) is 1.94. The van der Waals surface area contributed by atoms with Crippen molar-refractivity contribution in [3.63, 3.8) is 0 Å². The van der Waals surface area contributed by atoms with Gasteiger partial charge in [0.1, 0.15) is 5.75 Å². The van der Waals surface area contributed by atoms with Gasteiger partial charge in [-0.15, -0.1) is 0 Å². The van der Waals surface area contributed by atoms with Crippen LogP contribution in [0.15, 0.2) is 48.5 Å². The second-order valence-corrected chi connectivity index (χ2v) is 4.56. The topological polar surface area (TPSA) is 64.3 Å². The number of carbonyl (C=O) groups is 1. The van der Waals surface area contributed by atoms with Crippen LogP contribution in [0, 0.1) is 0 Å². The Morgan fingerprint density at radius 2 is 1.90 bits per heavy atom. The van der Waals surface area contributed by atoms with Crippen LogP contribution in [0.4, 0.5) is 5.69 Å². The summed E-state index contributed by atoms with van der Waals surface area (Å²) in [4.78, 5) is 12.2. The molecule has 2 aromatic rings. The van der Waals surface area contributed by atoms with Crippen molar-refractivity contribution in [3.8, 4) is 5.75 Å². The van der Waals surface area contributed by atoms with E-state index in [-0.39, 0.29) is 11.9 Å². The van der Waals surface area contributed by atoms with Crippen molar-refractivity contribution in [2.45, 2.75) is 13.0 Å². The molecule has 20 heavy (non-hydrogen) atoms. The van der Waals surface area contributed by atoms with E-state index in [1.54, 1.807) is 25.3 Å². The number of hydrogen-bond donors (Lipinski definition) is 2. The first kappa shape index (κ1) is 13.9. The number of nitrogens with two attached hydrogens (primary N) is 1. The highest BCUT2D eigenvalue weighted by Gasteiger charge is 2.12. The molecule has 3 N–H and O–H groups in total. The first-order valence-corrected chi connectivity index (χ1v) is 6.41. The van der Waals surface area contributed by atoms with E-state index in [4.69, 9.17) is 10.5 Å². The summed E-state index contributed by atoms with van der Waals surface area (Å²) in [5.41, 5.74) is 7.84. The van der Waals surface area contributed by atoms with Crippen LogP contribution in [-0.4, -0.2) is 13.0 Å². The van der Waals surface area contributed by atoms with Gasteiger partial charge in [0.25, 0.3) is 5.91 Å². The van der Waals surface area contributed by atoms with E-state index in [0.29, 0.717) is 17.0 Å². The third kappa shape index (κ3) is 3.09. The van der Waals surface area contributed by atoms with Crippen LogP contribution < -0.4 is 15.8 Å². The maximum atomic E-state index is 12.2. The van der Waals surface area contributed by atoms with Crippen molar-refractivity contribution >= 4 is 11.6 Å². The third-order valence-electron chi connectivity index (χ3n) is 3.14. The molecule has 4 nitrogen and oxygen atoms in total. The highest BCUT2D eigenvalue weighted by atomic mass is 16.5. The largest absolute Gasteiger partial charge is 0.495 e. The van der Waals surface area contributed by atoms with Gasteiger partial charge in [0.15, 0.2) is 0 Å². The standard InChI is InChI=1S/C16H18N2O2/c1-11(12-6-4-3-5-7-12)18-16(19)13-8-9-15(20-2)14(17)10-13/h3-11H,17H2,1-2H3,(H,18,19)/t11-/m1/s1.